The second-order valence-electron chi connectivity index (χ2n) is 6.12. The Hall–Kier alpha value is -2.76. The molecular formula is C19H22FN3O2. The predicted octanol–water partition coefficient (Wildman–Crippen LogP) is 3.48. The molecule has 0 radical (unpaired) electrons. The van der Waals surface area contributed by atoms with E-state index in [4.69, 9.17) is 4.74 Å². The molecule has 2 amide bonds. The standard InChI is InChI=1S/C19H22FN3O2/c1-25-16-8-6-15(7-9-16)22-19(24)21-12-14-10-11-23(13-14)18-5-3-2-4-17(18)20/h2-9,14H,10-13H2,1H3,(H2,21,22,24). The zero-order valence-corrected chi connectivity index (χ0v) is 14.2. The molecule has 1 aliphatic heterocycles. The number of methoxy groups -OCH3 is 1. The summed E-state index contributed by atoms with van der Waals surface area (Å²) in [4.78, 5) is 14.0. The van der Waals surface area contributed by atoms with Gasteiger partial charge in [0.15, 0.2) is 0 Å². The molecule has 0 spiro atoms. The largest absolute Gasteiger partial charge is 0.497 e. The van der Waals surface area contributed by atoms with Crippen molar-refractivity contribution in [3.05, 3.63) is 54.3 Å². The molecule has 1 aliphatic rings. The van der Waals surface area contributed by atoms with Crippen LogP contribution in [0, 0.1) is 11.7 Å². The van der Waals surface area contributed by atoms with Gasteiger partial charge < -0.3 is 20.3 Å². The highest BCUT2D eigenvalue weighted by atomic mass is 19.1. The molecule has 0 aliphatic carbocycles. The van der Waals surface area contributed by atoms with Gasteiger partial charge in [0.05, 0.1) is 12.8 Å². The summed E-state index contributed by atoms with van der Waals surface area (Å²) >= 11 is 0. The number of ether oxygens (including phenoxy) is 1. The van der Waals surface area contributed by atoms with E-state index in [1.807, 2.05) is 11.0 Å². The van der Waals surface area contributed by atoms with Crippen LogP contribution in [0.3, 0.4) is 0 Å². The van der Waals surface area contributed by atoms with Crippen molar-refractivity contribution in [2.24, 2.45) is 5.92 Å². The first-order valence-electron chi connectivity index (χ1n) is 8.34. The molecule has 6 heteroatoms. The number of carbonyl (C=O) groups excluding carboxylic acids is 1. The highest BCUT2D eigenvalue weighted by Crippen LogP contribution is 2.25. The van der Waals surface area contributed by atoms with Crippen LogP contribution in [0.2, 0.25) is 0 Å². The first-order valence-corrected chi connectivity index (χ1v) is 8.34. The fraction of sp³-hybridized carbons (Fsp3) is 0.316. The Morgan fingerprint density at radius 3 is 2.72 bits per heavy atom. The van der Waals surface area contributed by atoms with E-state index in [-0.39, 0.29) is 11.8 Å². The topological polar surface area (TPSA) is 53.6 Å². The number of hydrogen-bond donors (Lipinski definition) is 2. The van der Waals surface area contributed by atoms with Crippen molar-refractivity contribution in [2.45, 2.75) is 6.42 Å². The first kappa shape index (κ1) is 17.1. The first-order chi connectivity index (χ1) is 12.2. The average molecular weight is 343 g/mol. The molecule has 0 aromatic heterocycles. The lowest BCUT2D eigenvalue weighted by Gasteiger charge is -2.19. The number of urea groups is 1. The summed E-state index contributed by atoms with van der Waals surface area (Å²) in [5, 5.41) is 5.68. The lowest BCUT2D eigenvalue weighted by Crippen LogP contribution is -2.34. The number of nitrogens with zero attached hydrogens (tertiary/aromatic N) is 1. The molecule has 5 nitrogen and oxygen atoms in total. The molecule has 1 saturated heterocycles. The van der Waals surface area contributed by atoms with Crippen molar-refractivity contribution in [3.63, 3.8) is 0 Å². The predicted molar refractivity (Wildman–Crippen MR) is 96.7 cm³/mol. The van der Waals surface area contributed by atoms with Gasteiger partial charge in [-0.3, -0.25) is 0 Å². The van der Waals surface area contributed by atoms with Gasteiger partial charge in [0.1, 0.15) is 11.6 Å². The summed E-state index contributed by atoms with van der Waals surface area (Å²) in [6.45, 7) is 2.10. The van der Waals surface area contributed by atoms with Gasteiger partial charge in [-0.1, -0.05) is 12.1 Å². The number of amides is 2. The molecule has 1 unspecified atom stereocenters. The maximum atomic E-state index is 13.8. The molecule has 25 heavy (non-hydrogen) atoms. The summed E-state index contributed by atoms with van der Waals surface area (Å²) in [5.41, 5.74) is 1.34. The molecular weight excluding hydrogens is 321 g/mol. The van der Waals surface area contributed by atoms with Crippen LogP contribution in [0.1, 0.15) is 6.42 Å². The molecule has 0 bridgehead atoms. The molecule has 2 aromatic carbocycles. The molecule has 2 N–H and O–H groups in total. The van der Waals surface area contributed by atoms with E-state index < -0.39 is 0 Å². The smallest absolute Gasteiger partial charge is 0.319 e. The maximum Gasteiger partial charge on any atom is 0.319 e. The van der Waals surface area contributed by atoms with Crippen LogP contribution >= 0.6 is 0 Å². The Kier molecular flexibility index (Phi) is 5.38. The molecule has 1 heterocycles. The molecule has 1 atom stereocenters. The third-order valence-corrected chi connectivity index (χ3v) is 4.38. The van der Waals surface area contributed by atoms with Gasteiger partial charge in [0, 0.05) is 25.3 Å². The van der Waals surface area contributed by atoms with Gasteiger partial charge in [0.2, 0.25) is 0 Å². The minimum atomic E-state index is -0.241. The molecule has 2 aromatic rings. The normalized spacial score (nSPS) is 16.6. The fourth-order valence-electron chi connectivity index (χ4n) is 3.01. The summed E-state index contributed by atoms with van der Waals surface area (Å²) in [6.07, 6.45) is 0.928. The van der Waals surface area contributed by atoms with Crippen LogP contribution in [-0.2, 0) is 0 Å². The van der Waals surface area contributed by atoms with Crippen molar-refractivity contribution in [2.75, 3.05) is 37.0 Å². The Morgan fingerprint density at radius 2 is 2.00 bits per heavy atom. The van der Waals surface area contributed by atoms with Crippen molar-refractivity contribution in [3.8, 4) is 5.75 Å². The van der Waals surface area contributed by atoms with Crippen molar-refractivity contribution in [1.82, 2.24) is 5.32 Å². The summed E-state index contributed by atoms with van der Waals surface area (Å²) in [5.74, 6) is 0.847. The van der Waals surface area contributed by atoms with E-state index in [0.29, 0.717) is 23.8 Å². The number of benzene rings is 2. The number of carbonyl (C=O) groups is 1. The van der Waals surface area contributed by atoms with Crippen molar-refractivity contribution >= 4 is 17.4 Å². The lowest BCUT2D eigenvalue weighted by molar-refractivity contribution is 0.250. The molecule has 3 rings (SSSR count). The van der Waals surface area contributed by atoms with Crippen molar-refractivity contribution < 1.29 is 13.9 Å². The van der Waals surface area contributed by atoms with Crippen LogP contribution in [-0.4, -0.2) is 32.8 Å². The highest BCUT2D eigenvalue weighted by Gasteiger charge is 2.24. The van der Waals surface area contributed by atoms with Crippen LogP contribution in [0.15, 0.2) is 48.5 Å². The fourth-order valence-corrected chi connectivity index (χ4v) is 3.01. The maximum absolute atomic E-state index is 13.8. The summed E-state index contributed by atoms with van der Waals surface area (Å²) in [6, 6.07) is 13.7. The monoisotopic (exact) mass is 343 g/mol. The quantitative estimate of drug-likeness (QED) is 0.874. The van der Waals surface area contributed by atoms with E-state index >= 15 is 0 Å². The van der Waals surface area contributed by atoms with Gasteiger partial charge in [-0.15, -0.1) is 0 Å². The third kappa shape index (κ3) is 4.41. The molecule has 132 valence electrons. The number of nitrogens with one attached hydrogen (secondary N) is 2. The minimum absolute atomic E-state index is 0.201. The van der Waals surface area contributed by atoms with E-state index in [9.17, 15) is 9.18 Å². The Morgan fingerprint density at radius 1 is 1.24 bits per heavy atom. The Labute approximate surface area is 146 Å². The van der Waals surface area contributed by atoms with Crippen LogP contribution in [0.25, 0.3) is 0 Å². The summed E-state index contributed by atoms with van der Waals surface area (Å²) in [7, 11) is 1.60. The lowest BCUT2D eigenvalue weighted by atomic mass is 10.1. The van der Waals surface area contributed by atoms with Gasteiger partial charge >= 0.3 is 6.03 Å². The average Bonchev–Trinajstić information content (AvgIpc) is 3.10. The second kappa shape index (κ2) is 7.88. The number of hydrogen-bond acceptors (Lipinski definition) is 3. The zero-order valence-electron chi connectivity index (χ0n) is 14.2. The van der Waals surface area contributed by atoms with E-state index in [0.717, 1.165) is 25.3 Å². The second-order valence-corrected chi connectivity index (χ2v) is 6.12. The third-order valence-electron chi connectivity index (χ3n) is 4.38. The van der Waals surface area contributed by atoms with Crippen LogP contribution < -0.4 is 20.3 Å². The van der Waals surface area contributed by atoms with E-state index in [1.54, 1.807) is 43.5 Å². The summed E-state index contributed by atoms with van der Waals surface area (Å²) < 4.78 is 18.9. The van der Waals surface area contributed by atoms with Crippen LogP contribution in [0.4, 0.5) is 20.6 Å². The molecule has 1 fully saturated rings. The number of para-hydroxylation sites is 1. The minimum Gasteiger partial charge on any atom is -0.497 e. The van der Waals surface area contributed by atoms with Gasteiger partial charge in [-0.05, 0) is 48.7 Å². The van der Waals surface area contributed by atoms with E-state index in [2.05, 4.69) is 10.6 Å². The van der Waals surface area contributed by atoms with Gasteiger partial charge in [0.25, 0.3) is 0 Å². The van der Waals surface area contributed by atoms with Crippen LogP contribution in [0.5, 0.6) is 5.75 Å². The van der Waals surface area contributed by atoms with Gasteiger partial charge in [-0.25, -0.2) is 9.18 Å². The Balaban J connectivity index is 1.46. The highest BCUT2D eigenvalue weighted by molar-refractivity contribution is 5.89. The van der Waals surface area contributed by atoms with Gasteiger partial charge in [-0.2, -0.15) is 0 Å². The number of halogens is 1. The van der Waals surface area contributed by atoms with E-state index in [1.165, 1.54) is 6.07 Å². The SMILES string of the molecule is COc1ccc(NC(=O)NCC2CCN(c3ccccc3F)C2)cc1. The molecule has 0 saturated carbocycles. The number of anilines is 2. The Bertz CT molecular complexity index is 721. The zero-order chi connectivity index (χ0) is 17.6. The van der Waals surface area contributed by atoms with Crippen molar-refractivity contribution in [1.29, 1.82) is 0 Å². The number of rotatable bonds is 5.